The zero-order valence-corrected chi connectivity index (χ0v) is 31.1. The molecule has 1 rings (SSSR count). The summed E-state index contributed by atoms with van der Waals surface area (Å²) in [4.78, 5) is 6.00. The van der Waals surface area contributed by atoms with Gasteiger partial charge in [0.2, 0.25) is 0 Å². The molecule has 0 aromatic carbocycles. The van der Waals surface area contributed by atoms with Gasteiger partial charge in [-0.3, -0.25) is 4.84 Å². The lowest BCUT2D eigenvalue weighted by molar-refractivity contribution is -0.165. The second-order valence-corrected chi connectivity index (χ2v) is 13.6. The standard InChI is InChI=1S/C42H77NO3/c1-5-7-9-11-13-15-17-19-21-23-25-27-29-31-33-35-37-45-42-39-40(46-43(3)4)38-41(42)44-36-34-32-30-28-26-24-22-20-18-16-14-12-10-8-6-2/h13-16,19-22,40-42H,5-12,17-18,23-39H2,1-4H3/b15-13-,16-14-,21-19-,22-20-/t40-,41-,42+/m0/s1. The fourth-order valence-corrected chi connectivity index (χ4v) is 6.13. The van der Waals surface area contributed by atoms with Crippen LogP contribution in [0.25, 0.3) is 0 Å². The van der Waals surface area contributed by atoms with E-state index in [1.54, 1.807) is 0 Å². The number of hydroxylamine groups is 2. The van der Waals surface area contributed by atoms with Gasteiger partial charge in [0.05, 0.1) is 18.3 Å². The highest BCUT2D eigenvalue weighted by atomic mass is 16.7. The van der Waals surface area contributed by atoms with E-state index in [0.717, 1.165) is 51.7 Å². The smallest absolute Gasteiger partial charge is 0.0863 e. The van der Waals surface area contributed by atoms with E-state index in [1.165, 1.54) is 122 Å². The number of rotatable bonds is 33. The molecular formula is C42H77NO3. The maximum absolute atomic E-state index is 6.38. The first-order valence-electron chi connectivity index (χ1n) is 19.8. The van der Waals surface area contributed by atoms with Crippen LogP contribution in [0.5, 0.6) is 0 Å². The van der Waals surface area contributed by atoms with E-state index in [1.807, 2.05) is 19.2 Å². The van der Waals surface area contributed by atoms with Crippen molar-refractivity contribution in [2.45, 2.75) is 193 Å². The highest BCUT2D eigenvalue weighted by Gasteiger charge is 2.37. The molecular weight excluding hydrogens is 566 g/mol. The summed E-state index contributed by atoms with van der Waals surface area (Å²) in [5, 5.41) is 1.83. The molecule has 46 heavy (non-hydrogen) atoms. The van der Waals surface area contributed by atoms with Gasteiger partial charge >= 0.3 is 0 Å². The van der Waals surface area contributed by atoms with Crippen LogP contribution in [-0.2, 0) is 14.3 Å². The Morgan fingerprint density at radius 2 is 0.804 bits per heavy atom. The zero-order valence-electron chi connectivity index (χ0n) is 31.1. The van der Waals surface area contributed by atoms with Gasteiger partial charge in [-0.05, 0) is 77.0 Å². The van der Waals surface area contributed by atoms with Crippen molar-refractivity contribution in [1.82, 2.24) is 5.06 Å². The monoisotopic (exact) mass is 644 g/mol. The Morgan fingerprint density at radius 1 is 0.457 bits per heavy atom. The van der Waals surface area contributed by atoms with Gasteiger partial charge in [0, 0.05) is 40.2 Å². The second-order valence-electron chi connectivity index (χ2n) is 13.6. The van der Waals surface area contributed by atoms with E-state index in [2.05, 4.69) is 62.5 Å². The number of nitrogens with zero attached hydrogens (tertiary/aromatic N) is 1. The minimum atomic E-state index is 0.167. The van der Waals surface area contributed by atoms with Crippen LogP contribution < -0.4 is 0 Å². The largest absolute Gasteiger partial charge is 0.375 e. The first kappa shape index (κ1) is 42.8. The van der Waals surface area contributed by atoms with E-state index in [9.17, 15) is 0 Å². The summed E-state index contributed by atoms with van der Waals surface area (Å²) in [5.74, 6) is 0. The first-order chi connectivity index (χ1) is 22.7. The summed E-state index contributed by atoms with van der Waals surface area (Å²) in [6.07, 6.45) is 50.3. The van der Waals surface area contributed by atoms with Crippen LogP contribution in [0.4, 0.5) is 0 Å². The van der Waals surface area contributed by atoms with Crippen molar-refractivity contribution in [1.29, 1.82) is 0 Å². The molecule has 3 atom stereocenters. The minimum absolute atomic E-state index is 0.167. The van der Waals surface area contributed by atoms with Gasteiger partial charge < -0.3 is 9.47 Å². The van der Waals surface area contributed by atoms with Crippen LogP contribution in [0.15, 0.2) is 48.6 Å². The van der Waals surface area contributed by atoms with Gasteiger partial charge in [-0.15, -0.1) is 0 Å². The van der Waals surface area contributed by atoms with Crippen LogP contribution in [0, 0.1) is 0 Å². The maximum atomic E-state index is 6.38. The highest BCUT2D eigenvalue weighted by Crippen LogP contribution is 2.29. The fraction of sp³-hybridized carbons (Fsp3) is 0.810. The van der Waals surface area contributed by atoms with Crippen LogP contribution in [0.2, 0.25) is 0 Å². The molecule has 0 aliphatic heterocycles. The second kappa shape index (κ2) is 33.7. The van der Waals surface area contributed by atoms with Crippen LogP contribution in [-0.4, -0.2) is 50.7 Å². The predicted molar refractivity (Wildman–Crippen MR) is 201 cm³/mol. The zero-order chi connectivity index (χ0) is 33.2. The number of hydrogen-bond acceptors (Lipinski definition) is 4. The molecule has 268 valence electrons. The number of allylic oxidation sites excluding steroid dienone is 8. The molecule has 4 heteroatoms. The Labute approximate surface area is 287 Å². The molecule has 0 radical (unpaired) electrons. The normalized spacial score (nSPS) is 19.0. The van der Waals surface area contributed by atoms with Crippen molar-refractivity contribution in [3.8, 4) is 0 Å². The topological polar surface area (TPSA) is 30.9 Å². The molecule has 1 aliphatic carbocycles. The molecule has 0 N–H and O–H groups in total. The molecule has 0 bridgehead atoms. The van der Waals surface area contributed by atoms with Crippen molar-refractivity contribution < 1.29 is 14.3 Å². The van der Waals surface area contributed by atoms with E-state index in [-0.39, 0.29) is 18.3 Å². The van der Waals surface area contributed by atoms with Gasteiger partial charge in [0.25, 0.3) is 0 Å². The SMILES string of the molecule is CCCCC/C=C\C/C=C\CCCCCCCCO[C@@H]1C[C@@H](ON(C)C)C[C@@H]1OCCCCCCC/C=C\C/C=C\CCCCC. The third kappa shape index (κ3) is 27.9. The third-order valence-corrected chi connectivity index (χ3v) is 8.87. The molecule has 0 unspecified atom stereocenters. The number of ether oxygens (including phenoxy) is 2. The summed E-state index contributed by atoms with van der Waals surface area (Å²) in [7, 11) is 3.94. The van der Waals surface area contributed by atoms with Crippen LogP contribution >= 0.6 is 0 Å². The predicted octanol–water partition coefficient (Wildman–Crippen LogP) is 12.6. The van der Waals surface area contributed by atoms with Crippen LogP contribution in [0.3, 0.4) is 0 Å². The molecule has 1 aliphatic rings. The van der Waals surface area contributed by atoms with Crippen molar-refractivity contribution in [2.75, 3.05) is 27.3 Å². The van der Waals surface area contributed by atoms with E-state index < -0.39 is 0 Å². The average molecular weight is 644 g/mol. The molecule has 4 nitrogen and oxygen atoms in total. The van der Waals surface area contributed by atoms with E-state index in [4.69, 9.17) is 14.3 Å². The van der Waals surface area contributed by atoms with Crippen molar-refractivity contribution >= 4 is 0 Å². The summed E-state index contributed by atoms with van der Waals surface area (Å²) in [6.45, 7) is 6.21. The highest BCUT2D eigenvalue weighted by molar-refractivity contribution is 4.93. The fourth-order valence-electron chi connectivity index (χ4n) is 6.13. The first-order valence-corrected chi connectivity index (χ1v) is 19.8. The van der Waals surface area contributed by atoms with Gasteiger partial charge in [0.15, 0.2) is 0 Å². The molecule has 0 amide bonds. The van der Waals surface area contributed by atoms with Gasteiger partial charge in [0.1, 0.15) is 0 Å². The maximum Gasteiger partial charge on any atom is 0.0863 e. The van der Waals surface area contributed by atoms with Crippen molar-refractivity contribution in [3.05, 3.63) is 48.6 Å². The third-order valence-electron chi connectivity index (χ3n) is 8.87. The van der Waals surface area contributed by atoms with E-state index >= 15 is 0 Å². The van der Waals surface area contributed by atoms with Gasteiger partial charge in [-0.1, -0.05) is 133 Å². The van der Waals surface area contributed by atoms with Crippen molar-refractivity contribution in [3.63, 3.8) is 0 Å². The Kier molecular flexibility index (Phi) is 31.4. The van der Waals surface area contributed by atoms with Gasteiger partial charge in [-0.25, -0.2) is 0 Å². The molecule has 1 saturated carbocycles. The van der Waals surface area contributed by atoms with Gasteiger partial charge in [-0.2, -0.15) is 5.06 Å². The van der Waals surface area contributed by atoms with Crippen molar-refractivity contribution in [2.24, 2.45) is 0 Å². The minimum Gasteiger partial charge on any atom is -0.375 e. The number of hydrogen-bond donors (Lipinski definition) is 0. The molecule has 0 saturated heterocycles. The van der Waals surface area contributed by atoms with E-state index in [0.29, 0.717) is 0 Å². The molecule has 0 spiro atoms. The molecule has 0 aromatic heterocycles. The average Bonchev–Trinajstić information content (AvgIpc) is 3.42. The Hall–Kier alpha value is -1.20. The molecule has 0 aromatic rings. The Morgan fingerprint density at radius 3 is 1.17 bits per heavy atom. The molecule has 1 fully saturated rings. The Bertz CT molecular complexity index is 743. The summed E-state index contributed by atoms with van der Waals surface area (Å²) in [6, 6.07) is 0. The summed E-state index contributed by atoms with van der Waals surface area (Å²) >= 11 is 0. The molecule has 0 heterocycles. The summed E-state index contributed by atoms with van der Waals surface area (Å²) in [5.41, 5.74) is 0. The lowest BCUT2D eigenvalue weighted by Gasteiger charge is -2.20. The Balaban J connectivity index is 2.05. The lowest BCUT2D eigenvalue weighted by atomic mass is 10.1. The summed E-state index contributed by atoms with van der Waals surface area (Å²) < 4.78 is 12.8. The lowest BCUT2D eigenvalue weighted by Crippen LogP contribution is -2.27. The van der Waals surface area contributed by atoms with Crippen LogP contribution in [0.1, 0.15) is 174 Å². The quantitative estimate of drug-likeness (QED) is 0.0404. The number of unbranched alkanes of at least 4 members (excludes halogenated alkanes) is 17.